The van der Waals surface area contributed by atoms with E-state index in [-0.39, 0.29) is 6.61 Å². The minimum Gasteiger partial charge on any atom is -0.481 e. The van der Waals surface area contributed by atoms with Crippen LogP contribution in [0.2, 0.25) is 0 Å². The zero-order chi connectivity index (χ0) is 9.14. The lowest BCUT2D eigenvalue weighted by Crippen LogP contribution is -2.33. The monoisotopic (exact) mass is 176 g/mol. The highest BCUT2D eigenvalue weighted by Crippen LogP contribution is 2.18. The van der Waals surface area contributed by atoms with E-state index in [1.807, 2.05) is 0 Å². The van der Waals surface area contributed by atoms with Gasteiger partial charge in [0.25, 0.3) is 0 Å². The molecule has 1 aliphatic heterocycles. The molecule has 12 heavy (non-hydrogen) atoms. The molecule has 0 saturated carbocycles. The number of hydrogen-bond acceptors (Lipinski definition) is 5. The van der Waals surface area contributed by atoms with Crippen molar-refractivity contribution in [1.29, 1.82) is 0 Å². The Hall–Kier alpha value is -1.14. The molecule has 0 bridgehead atoms. The third-order valence-corrected chi connectivity index (χ3v) is 1.54. The Balaban J connectivity index is 2.63. The molecule has 68 valence electrons. The molecule has 1 heterocycles. The second kappa shape index (κ2) is 3.51. The predicted octanol–water partition coefficient (Wildman–Crippen LogP) is -0.809. The van der Waals surface area contributed by atoms with E-state index in [0.717, 1.165) is 7.11 Å². The van der Waals surface area contributed by atoms with Crippen LogP contribution in [0.25, 0.3) is 0 Å². The van der Waals surface area contributed by atoms with E-state index in [1.54, 1.807) is 0 Å². The molecular formula is C6H8O6. The maximum atomic E-state index is 10.8. The highest BCUT2D eigenvalue weighted by Gasteiger charge is 2.42. The number of carboxylic acids is 1. The summed E-state index contributed by atoms with van der Waals surface area (Å²) in [5, 5.41) is 8.56. The highest BCUT2D eigenvalue weighted by molar-refractivity contribution is 5.83. The van der Waals surface area contributed by atoms with Gasteiger partial charge in [-0.3, -0.25) is 4.79 Å². The fourth-order valence-corrected chi connectivity index (χ4v) is 0.861. The molecule has 0 aromatic rings. The Labute approximate surface area is 67.9 Å². The maximum absolute atomic E-state index is 10.8. The average Bonchev–Trinajstić information content (AvgIpc) is 2.50. The predicted molar refractivity (Wildman–Crippen MR) is 34.0 cm³/mol. The number of esters is 1. The molecule has 0 radical (unpaired) electrons. The molecule has 6 heteroatoms. The van der Waals surface area contributed by atoms with Crippen LogP contribution >= 0.6 is 0 Å². The molecule has 1 rings (SSSR count). The van der Waals surface area contributed by atoms with Gasteiger partial charge < -0.3 is 9.84 Å². The van der Waals surface area contributed by atoms with Gasteiger partial charge in [-0.25, -0.2) is 14.6 Å². The van der Waals surface area contributed by atoms with Crippen LogP contribution in [-0.2, 0) is 24.1 Å². The minimum atomic E-state index is -1.15. The normalized spacial score (nSPS) is 28.4. The summed E-state index contributed by atoms with van der Waals surface area (Å²) in [4.78, 5) is 30.1. The van der Waals surface area contributed by atoms with Gasteiger partial charge in [0.1, 0.15) is 5.92 Å². The van der Waals surface area contributed by atoms with E-state index in [0.29, 0.717) is 0 Å². The Morgan fingerprint density at radius 1 is 1.58 bits per heavy atom. The summed E-state index contributed by atoms with van der Waals surface area (Å²) in [6, 6.07) is 0. The molecular weight excluding hydrogens is 168 g/mol. The van der Waals surface area contributed by atoms with Crippen LogP contribution in [0.15, 0.2) is 0 Å². The Bertz CT molecular complexity index is 200. The fraction of sp³-hybridized carbons (Fsp3) is 0.667. The lowest BCUT2D eigenvalue weighted by atomic mass is 10.1. The van der Waals surface area contributed by atoms with Gasteiger partial charge in [-0.05, 0) is 0 Å². The number of methoxy groups -OCH3 is 1. The van der Waals surface area contributed by atoms with E-state index < -0.39 is 24.0 Å². The smallest absolute Gasteiger partial charge is 0.339 e. The number of aliphatic carboxylic acids is 1. The molecule has 2 atom stereocenters. The highest BCUT2D eigenvalue weighted by atomic mass is 17.2. The summed E-state index contributed by atoms with van der Waals surface area (Å²) in [6.07, 6.45) is -1.15. The number of carbonyl (C=O) groups is 2. The first-order valence-electron chi connectivity index (χ1n) is 3.25. The first-order chi connectivity index (χ1) is 5.66. The van der Waals surface area contributed by atoms with Crippen molar-refractivity contribution in [2.24, 2.45) is 5.92 Å². The number of carboxylic acid groups (broad SMARTS) is 1. The zero-order valence-corrected chi connectivity index (χ0v) is 6.35. The van der Waals surface area contributed by atoms with Gasteiger partial charge in [0.15, 0.2) is 0 Å². The molecule has 0 aromatic heterocycles. The van der Waals surface area contributed by atoms with Gasteiger partial charge in [-0.2, -0.15) is 0 Å². The topological polar surface area (TPSA) is 82.1 Å². The van der Waals surface area contributed by atoms with Crippen LogP contribution in [0, 0.1) is 5.92 Å². The van der Waals surface area contributed by atoms with E-state index in [1.165, 1.54) is 0 Å². The molecule has 0 aliphatic carbocycles. The standard InChI is InChI=1S/C6H8O6/c1-10-6(9)4-3(5(7)8)2-11-12-4/h3-4H,2H2,1H3,(H,7,8). The number of ether oxygens (including phenoxy) is 1. The van der Waals surface area contributed by atoms with Crippen molar-refractivity contribution in [1.82, 2.24) is 0 Å². The lowest BCUT2D eigenvalue weighted by Gasteiger charge is -2.08. The van der Waals surface area contributed by atoms with Crippen LogP contribution < -0.4 is 0 Å². The number of carbonyl (C=O) groups excluding carboxylic acids is 1. The second-order valence-electron chi connectivity index (χ2n) is 2.27. The summed E-state index contributed by atoms with van der Waals surface area (Å²) >= 11 is 0. The molecule has 1 saturated heterocycles. The van der Waals surface area contributed by atoms with Crippen molar-refractivity contribution in [3.63, 3.8) is 0 Å². The summed E-state index contributed by atoms with van der Waals surface area (Å²) in [5.41, 5.74) is 0. The zero-order valence-electron chi connectivity index (χ0n) is 6.35. The fourth-order valence-electron chi connectivity index (χ4n) is 0.861. The quantitative estimate of drug-likeness (QED) is 0.437. The van der Waals surface area contributed by atoms with Crippen molar-refractivity contribution in [2.45, 2.75) is 6.10 Å². The third kappa shape index (κ3) is 1.54. The molecule has 2 unspecified atom stereocenters. The summed E-state index contributed by atoms with van der Waals surface area (Å²) in [7, 11) is 1.16. The minimum absolute atomic E-state index is 0.130. The van der Waals surface area contributed by atoms with E-state index in [4.69, 9.17) is 5.11 Å². The van der Waals surface area contributed by atoms with Gasteiger partial charge in [0.2, 0.25) is 6.10 Å². The second-order valence-corrected chi connectivity index (χ2v) is 2.27. The summed E-state index contributed by atoms with van der Waals surface area (Å²) in [6.45, 7) is -0.130. The van der Waals surface area contributed by atoms with Gasteiger partial charge in [-0.15, -0.1) is 0 Å². The van der Waals surface area contributed by atoms with Crippen LogP contribution in [0.3, 0.4) is 0 Å². The average molecular weight is 176 g/mol. The molecule has 6 nitrogen and oxygen atoms in total. The van der Waals surface area contributed by atoms with E-state index in [2.05, 4.69) is 14.5 Å². The SMILES string of the molecule is COC(=O)C1OOCC1C(=O)O. The van der Waals surface area contributed by atoms with E-state index in [9.17, 15) is 9.59 Å². The first kappa shape index (κ1) is 8.95. The molecule has 1 aliphatic rings. The largest absolute Gasteiger partial charge is 0.481 e. The molecule has 1 fully saturated rings. The summed E-state index contributed by atoms with van der Waals surface area (Å²) in [5.74, 6) is -2.85. The number of rotatable bonds is 2. The lowest BCUT2D eigenvalue weighted by molar-refractivity contribution is -0.273. The molecule has 0 amide bonds. The van der Waals surface area contributed by atoms with Gasteiger partial charge in [0.05, 0.1) is 13.7 Å². The van der Waals surface area contributed by atoms with Gasteiger partial charge in [-0.1, -0.05) is 0 Å². The first-order valence-corrected chi connectivity index (χ1v) is 3.25. The van der Waals surface area contributed by atoms with Gasteiger partial charge >= 0.3 is 11.9 Å². The molecule has 0 aromatic carbocycles. The van der Waals surface area contributed by atoms with E-state index >= 15 is 0 Å². The van der Waals surface area contributed by atoms with Crippen LogP contribution in [0.5, 0.6) is 0 Å². The van der Waals surface area contributed by atoms with Crippen LogP contribution in [-0.4, -0.2) is 36.9 Å². The number of hydrogen-bond donors (Lipinski definition) is 1. The Morgan fingerprint density at radius 2 is 2.25 bits per heavy atom. The Kier molecular flexibility index (Phi) is 2.61. The molecule has 1 N–H and O–H groups in total. The van der Waals surface area contributed by atoms with Crippen LogP contribution in [0.1, 0.15) is 0 Å². The van der Waals surface area contributed by atoms with Crippen molar-refractivity contribution in [3.8, 4) is 0 Å². The maximum Gasteiger partial charge on any atom is 0.339 e. The van der Waals surface area contributed by atoms with Crippen molar-refractivity contribution in [3.05, 3.63) is 0 Å². The van der Waals surface area contributed by atoms with Crippen LogP contribution in [0.4, 0.5) is 0 Å². The third-order valence-electron chi connectivity index (χ3n) is 1.54. The Morgan fingerprint density at radius 3 is 2.75 bits per heavy atom. The van der Waals surface area contributed by atoms with Crippen molar-refractivity contribution in [2.75, 3.05) is 13.7 Å². The van der Waals surface area contributed by atoms with Crippen molar-refractivity contribution >= 4 is 11.9 Å². The van der Waals surface area contributed by atoms with Gasteiger partial charge in [0, 0.05) is 0 Å². The summed E-state index contributed by atoms with van der Waals surface area (Å²) < 4.78 is 4.31. The molecule has 0 spiro atoms. The van der Waals surface area contributed by atoms with Crippen molar-refractivity contribution < 1.29 is 29.2 Å².